The molecule has 2 fully saturated rings. The lowest BCUT2D eigenvalue weighted by Crippen LogP contribution is -2.45. The van der Waals surface area contributed by atoms with Crippen LogP contribution in [0.25, 0.3) is 0 Å². The number of phenols is 1. The highest BCUT2D eigenvalue weighted by Gasteiger charge is 2.56. The van der Waals surface area contributed by atoms with Crippen molar-refractivity contribution in [2.24, 2.45) is 22.4 Å². The molecule has 0 unspecified atom stereocenters. The Morgan fingerprint density at radius 2 is 1.94 bits per heavy atom. The molecule has 2 saturated carbocycles. The Bertz CT molecular complexity index is 1290. The first kappa shape index (κ1) is 24.4. The van der Waals surface area contributed by atoms with E-state index in [1.807, 2.05) is 12.1 Å². The quantitative estimate of drug-likeness (QED) is 0.561. The second-order valence-electron chi connectivity index (χ2n) is 10.3. The van der Waals surface area contributed by atoms with Crippen LogP contribution in [0.2, 0.25) is 5.02 Å². The predicted molar refractivity (Wildman–Crippen MR) is 131 cm³/mol. The summed E-state index contributed by atoms with van der Waals surface area (Å²) >= 11 is 5.96. The average molecular weight is 520 g/mol. The molecule has 0 spiro atoms. The number of carbonyl (C=O) groups excluding carboxylic acids is 1. The Balaban J connectivity index is 1.37. The largest absolute Gasteiger partial charge is 0.504 e. The number of ether oxygens (including phenoxy) is 2. The van der Waals surface area contributed by atoms with Gasteiger partial charge in [0.15, 0.2) is 11.5 Å². The van der Waals surface area contributed by atoms with Gasteiger partial charge in [0.25, 0.3) is 0 Å². The summed E-state index contributed by atoms with van der Waals surface area (Å²) in [6.45, 7) is 2.23. The Morgan fingerprint density at radius 1 is 1.17 bits per heavy atom. The monoisotopic (exact) mass is 519 g/mol. The molecule has 35 heavy (non-hydrogen) atoms. The summed E-state index contributed by atoms with van der Waals surface area (Å²) in [4.78, 5) is 12.7. The van der Waals surface area contributed by atoms with Crippen LogP contribution in [0.1, 0.15) is 66.4 Å². The molecule has 0 bridgehead atoms. The summed E-state index contributed by atoms with van der Waals surface area (Å²) in [6.07, 6.45) is 5.35. The second-order valence-corrected chi connectivity index (χ2v) is 12.3. The number of hydrogen-bond acceptors (Lipinski definition) is 6. The lowest BCUT2D eigenvalue weighted by Gasteiger charge is -2.50. The van der Waals surface area contributed by atoms with Crippen molar-refractivity contribution in [2.45, 2.75) is 62.4 Å². The fourth-order valence-electron chi connectivity index (χ4n) is 6.94. The number of fused-ring (bicyclic) bond motifs is 5. The van der Waals surface area contributed by atoms with Crippen LogP contribution in [0.3, 0.4) is 0 Å². The van der Waals surface area contributed by atoms with E-state index in [4.69, 9.17) is 26.2 Å². The number of sulfonamides is 1. The second kappa shape index (κ2) is 8.68. The zero-order chi connectivity index (χ0) is 25.1. The van der Waals surface area contributed by atoms with Crippen LogP contribution < -0.4 is 9.88 Å². The fourth-order valence-corrected chi connectivity index (χ4v) is 8.01. The lowest BCUT2D eigenvalue weighted by atomic mass is 9.55. The van der Waals surface area contributed by atoms with Crippen molar-refractivity contribution in [3.05, 3.63) is 52.0 Å². The van der Waals surface area contributed by atoms with E-state index >= 15 is 0 Å². The number of phenolic OH excluding ortho intramolecular Hbond substituents is 1. The van der Waals surface area contributed by atoms with Crippen LogP contribution >= 0.6 is 11.6 Å². The van der Waals surface area contributed by atoms with Crippen molar-refractivity contribution in [2.75, 3.05) is 7.11 Å². The van der Waals surface area contributed by atoms with E-state index in [9.17, 15) is 18.3 Å². The molecule has 2 aromatic carbocycles. The summed E-state index contributed by atoms with van der Waals surface area (Å²) in [6, 6.07) is 7.85. The minimum atomic E-state index is -4.06. The molecular formula is C26H30ClNO6S. The van der Waals surface area contributed by atoms with E-state index in [1.54, 1.807) is 7.11 Å². The van der Waals surface area contributed by atoms with Crippen LogP contribution in [-0.2, 0) is 21.2 Å². The third kappa shape index (κ3) is 4.09. The minimum Gasteiger partial charge on any atom is -0.504 e. The number of aryl methyl sites for hydroxylation is 1. The molecule has 0 aliphatic heterocycles. The van der Waals surface area contributed by atoms with Gasteiger partial charge in [0, 0.05) is 5.41 Å². The van der Waals surface area contributed by atoms with Crippen LogP contribution in [0, 0.1) is 17.3 Å². The maximum atomic E-state index is 13.0. The van der Waals surface area contributed by atoms with Gasteiger partial charge in [-0.3, -0.25) is 0 Å². The molecule has 3 N–H and O–H groups in total. The average Bonchev–Trinajstić information content (AvgIpc) is 3.14. The van der Waals surface area contributed by atoms with E-state index in [1.165, 1.54) is 29.3 Å². The third-order valence-electron chi connectivity index (χ3n) is 8.66. The molecule has 3 aliphatic carbocycles. The van der Waals surface area contributed by atoms with Crippen LogP contribution in [0.15, 0.2) is 35.2 Å². The van der Waals surface area contributed by atoms with Gasteiger partial charge in [-0.05, 0) is 97.7 Å². The Labute approximate surface area is 210 Å². The Morgan fingerprint density at radius 3 is 2.66 bits per heavy atom. The van der Waals surface area contributed by atoms with Gasteiger partial charge < -0.3 is 14.6 Å². The van der Waals surface area contributed by atoms with Gasteiger partial charge in [0.2, 0.25) is 10.0 Å². The topological polar surface area (TPSA) is 116 Å². The van der Waals surface area contributed by atoms with Gasteiger partial charge in [-0.15, -0.1) is 0 Å². The molecule has 0 aromatic heterocycles. The van der Waals surface area contributed by atoms with Gasteiger partial charge in [-0.25, -0.2) is 18.4 Å². The van der Waals surface area contributed by atoms with Crippen molar-refractivity contribution in [3.8, 4) is 11.5 Å². The smallest absolute Gasteiger partial charge is 0.338 e. The molecule has 2 aromatic rings. The van der Waals surface area contributed by atoms with E-state index in [0.29, 0.717) is 23.5 Å². The van der Waals surface area contributed by atoms with Crippen LogP contribution in [-0.4, -0.2) is 32.7 Å². The molecule has 7 nitrogen and oxygen atoms in total. The Hall–Kier alpha value is -2.29. The Kier molecular flexibility index (Phi) is 6.05. The van der Waals surface area contributed by atoms with Crippen molar-refractivity contribution in [3.63, 3.8) is 0 Å². The van der Waals surface area contributed by atoms with Crippen LogP contribution in [0.4, 0.5) is 0 Å². The summed E-state index contributed by atoms with van der Waals surface area (Å²) in [5.74, 6) is 1.42. The molecule has 0 amide bonds. The maximum Gasteiger partial charge on any atom is 0.338 e. The van der Waals surface area contributed by atoms with Crippen LogP contribution in [0.5, 0.6) is 11.5 Å². The SMILES string of the molecule is COc1cc2c(cc1O)CC[C@@H]1[C@@H]2CC[C@]2(C)[C@@H](OC(=O)c3ccc(Cl)c(S(N)(=O)=O)c3)CC[C@@H]12. The first-order valence-electron chi connectivity index (χ1n) is 12.0. The van der Waals surface area contributed by atoms with Gasteiger partial charge >= 0.3 is 5.97 Å². The third-order valence-corrected chi connectivity index (χ3v) is 10.1. The van der Waals surface area contributed by atoms with Gasteiger partial charge in [-0.1, -0.05) is 18.5 Å². The number of nitrogens with two attached hydrogens (primary N) is 1. The normalized spacial score (nSPS) is 29.6. The number of halogens is 1. The maximum absolute atomic E-state index is 13.0. The van der Waals surface area contributed by atoms with Gasteiger partial charge in [0.05, 0.1) is 17.7 Å². The van der Waals surface area contributed by atoms with E-state index < -0.39 is 16.0 Å². The van der Waals surface area contributed by atoms with E-state index in [-0.39, 0.29) is 32.8 Å². The molecule has 9 heteroatoms. The number of methoxy groups -OCH3 is 1. The predicted octanol–water partition coefficient (Wildman–Crippen LogP) is 4.78. The highest BCUT2D eigenvalue weighted by Crippen LogP contribution is 2.62. The first-order chi connectivity index (χ1) is 16.5. The summed E-state index contributed by atoms with van der Waals surface area (Å²) in [7, 11) is -2.49. The van der Waals surface area contributed by atoms with E-state index in [0.717, 1.165) is 38.5 Å². The van der Waals surface area contributed by atoms with Crippen molar-refractivity contribution < 1.29 is 27.8 Å². The molecule has 5 atom stereocenters. The number of primary sulfonamides is 1. The molecule has 5 rings (SSSR count). The summed E-state index contributed by atoms with van der Waals surface area (Å²) < 4.78 is 35.0. The fraction of sp³-hybridized carbons (Fsp3) is 0.500. The number of hydrogen-bond donors (Lipinski definition) is 2. The minimum absolute atomic E-state index is 0.0298. The number of rotatable bonds is 4. The van der Waals surface area contributed by atoms with E-state index in [2.05, 4.69) is 6.92 Å². The molecular weight excluding hydrogens is 490 g/mol. The van der Waals surface area contributed by atoms with Crippen molar-refractivity contribution >= 4 is 27.6 Å². The molecule has 0 radical (unpaired) electrons. The van der Waals surface area contributed by atoms with Gasteiger partial charge in [0.1, 0.15) is 11.0 Å². The summed E-state index contributed by atoms with van der Waals surface area (Å²) in [5.41, 5.74) is 2.44. The molecule has 188 valence electrons. The highest BCUT2D eigenvalue weighted by atomic mass is 35.5. The first-order valence-corrected chi connectivity index (χ1v) is 13.9. The molecule has 0 saturated heterocycles. The number of aromatic hydroxyl groups is 1. The molecule has 3 aliphatic rings. The van der Waals surface area contributed by atoms with Crippen molar-refractivity contribution in [1.29, 1.82) is 0 Å². The number of benzene rings is 2. The van der Waals surface area contributed by atoms with Gasteiger partial charge in [-0.2, -0.15) is 0 Å². The van der Waals surface area contributed by atoms with Crippen molar-refractivity contribution in [1.82, 2.24) is 0 Å². The molecule has 0 heterocycles. The summed E-state index contributed by atoms with van der Waals surface area (Å²) in [5, 5.41) is 15.4. The zero-order valence-corrected chi connectivity index (χ0v) is 21.4. The lowest BCUT2D eigenvalue weighted by molar-refractivity contribution is -0.0428. The zero-order valence-electron chi connectivity index (χ0n) is 19.8. The highest BCUT2D eigenvalue weighted by molar-refractivity contribution is 7.89. The number of carbonyl (C=O) groups is 1. The number of esters is 1. The standard InChI is InChI=1S/C26H30ClNO6S/c1-26-10-9-16-17(5-3-14-11-21(29)22(33-2)13-18(14)16)19(26)6-8-24(26)34-25(30)15-4-7-20(27)23(12-15)35(28,31)32/h4,7,11-13,16-17,19,24,29H,3,5-6,8-10H2,1-2H3,(H2,28,31,32)/t16-,17+,19-,24-,26-/m0/s1.